The minimum Gasteiger partial charge on any atom is -0.480 e. The summed E-state index contributed by atoms with van der Waals surface area (Å²) in [6.07, 6.45) is 1.57. The topological polar surface area (TPSA) is 111 Å². The molecule has 2 amide bonds. The molecule has 0 saturated heterocycles. The first-order chi connectivity index (χ1) is 11.3. The van der Waals surface area contributed by atoms with Gasteiger partial charge < -0.3 is 14.8 Å². The van der Waals surface area contributed by atoms with E-state index in [1.165, 1.54) is 19.2 Å². The molecule has 8 nitrogen and oxygen atoms in total. The van der Waals surface area contributed by atoms with Gasteiger partial charge in [0, 0.05) is 11.6 Å². The summed E-state index contributed by atoms with van der Waals surface area (Å²) in [6, 6.07) is 2.95. The fraction of sp³-hybridized carbons (Fsp3) is 0.429. The molecule has 0 atom stereocenters. The second-order valence-corrected chi connectivity index (χ2v) is 6.76. The van der Waals surface area contributed by atoms with Crippen LogP contribution in [-0.2, 0) is 19.6 Å². The highest BCUT2D eigenvalue weighted by Crippen LogP contribution is 2.27. The Kier molecular flexibility index (Phi) is 7.80. The molecule has 0 heterocycles. The first kappa shape index (κ1) is 20.0. The number of carbonyl (C=O) groups is 2. The van der Waals surface area contributed by atoms with E-state index in [0.29, 0.717) is 6.54 Å². The number of sulfonamides is 1. The van der Waals surface area contributed by atoms with E-state index in [1.807, 2.05) is 11.6 Å². The van der Waals surface area contributed by atoms with Crippen molar-refractivity contribution in [2.45, 2.75) is 24.7 Å². The molecule has 0 aliphatic heterocycles. The van der Waals surface area contributed by atoms with Crippen LogP contribution < -0.4 is 14.8 Å². The number of esters is 1. The molecule has 1 aromatic rings. The Hall–Kier alpha value is -2.00. The van der Waals surface area contributed by atoms with Crippen LogP contribution >= 0.6 is 11.6 Å². The molecule has 10 heteroatoms. The predicted octanol–water partition coefficient (Wildman–Crippen LogP) is 1.68. The maximum Gasteiger partial charge on any atom is 0.343 e. The van der Waals surface area contributed by atoms with Crippen LogP contribution in [0, 0.1) is 0 Å². The highest BCUT2D eigenvalue weighted by atomic mass is 35.5. The monoisotopic (exact) mass is 378 g/mol. The molecule has 1 aromatic carbocycles. The number of unbranched alkanes of at least 4 members (excludes halogenated alkanes) is 1. The van der Waals surface area contributed by atoms with Crippen LogP contribution in [0.15, 0.2) is 23.1 Å². The van der Waals surface area contributed by atoms with Crippen molar-refractivity contribution in [1.82, 2.24) is 10.0 Å². The predicted molar refractivity (Wildman–Crippen MR) is 87.6 cm³/mol. The van der Waals surface area contributed by atoms with Gasteiger partial charge in [0.15, 0.2) is 6.61 Å². The number of benzene rings is 1. The van der Waals surface area contributed by atoms with Crippen LogP contribution in [0.1, 0.15) is 19.8 Å². The lowest BCUT2D eigenvalue weighted by Crippen LogP contribution is -2.39. The molecule has 0 aliphatic carbocycles. The summed E-state index contributed by atoms with van der Waals surface area (Å²) in [5.74, 6) is -0.808. The third-order valence-corrected chi connectivity index (χ3v) is 4.40. The molecule has 0 spiro atoms. The van der Waals surface area contributed by atoms with E-state index in [9.17, 15) is 18.0 Å². The van der Waals surface area contributed by atoms with Crippen molar-refractivity contribution in [3.05, 3.63) is 23.2 Å². The number of ether oxygens (including phenoxy) is 2. The largest absolute Gasteiger partial charge is 0.480 e. The number of hydrogen-bond acceptors (Lipinski definition) is 6. The van der Waals surface area contributed by atoms with Crippen molar-refractivity contribution in [1.29, 1.82) is 0 Å². The van der Waals surface area contributed by atoms with Gasteiger partial charge in [-0.2, -0.15) is 0 Å². The lowest BCUT2D eigenvalue weighted by molar-refractivity contribution is -0.142. The maximum absolute atomic E-state index is 12.3. The summed E-state index contributed by atoms with van der Waals surface area (Å²) in [4.78, 5) is 22.4. The van der Waals surface area contributed by atoms with Crippen LogP contribution in [0.2, 0.25) is 5.02 Å². The summed E-state index contributed by atoms with van der Waals surface area (Å²) in [5, 5.41) is 2.56. The summed E-state index contributed by atoms with van der Waals surface area (Å²) < 4.78 is 36.1. The van der Waals surface area contributed by atoms with Gasteiger partial charge in [0.2, 0.25) is 0 Å². The van der Waals surface area contributed by atoms with Crippen LogP contribution in [0.3, 0.4) is 0 Å². The number of carbonyl (C=O) groups excluding carboxylic acids is 2. The quantitative estimate of drug-likeness (QED) is 0.526. The second kappa shape index (κ2) is 9.33. The third-order valence-electron chi connectivity index (χ3n) is 2.81. The Labute approximate surface area is 145 Å². The van der Waals surface area contributed by atoms with Crippen LogP contribution in [0.25, 0.3) is 0 Å². The summed E-state index contributed by atoms with van der Waals surface area (Å²) in [7, 11) is -3.05. The highest BCUT2D eigenvalue weighted by Gasteiger charge is 2.23. The van der Waals surface area contributed by atoms with Crippen molar-refractivity contribution in [2.24, 2.45) is 0 Å². The lowest BCUT2D eigenvalue weighted by atomic mass is 10.3. The number of rotatable bonds is 8. The van der Waals surface area contributed by atoms with E-state index in [1.54, 1.807) is 0 Å². The Morgan fingerprint density at radius 1 is 1.29 bits per heavy atom. The molecular weight excluding hydrogens is 360 g/mol. The normalized spacial score (nSPS) is 10.8. The SMILES string of the molecule is CCCCNC(=O)NS(=O)(=O)c1cc(Cl)ccc1OCC(=O)OC. The molecular formula is C14H19ClN2O6S. The number of nitrogens with one attached hydrogen (secondary N) is 2. The van der Waals surface area contributed by atoms with Gasteiger partial charge in [0.25, 0.3) is 10.0 Å². The third kappa shape index (κ3) is 6.25. The standard InChI is InChI=1S/C14H19ClN2O6S/c1-3-4-7-16-14(19)17-24(20,21)12-8-10(15)5-6-11(12)23-9-13(18)22-2/h5-6,8H,3-4,7,9H2,1-2H3,(H2,16,17,19). The van der Waals surface area contributed by atoms with E-state index >= 15 is 0 Å². The molecule has 0 saturated carbocycles. The molecule has 24 heavy (non-hydrogen) atoms. The molecule has 0 aliphatic rings. The molecule has 2 N–H and O–H groups in total. The van der Waals surface area contributed by atoms with Crippen molar-refractivity contribution < 1.29 is 27.5 Å². The Balaban J connectivity index is 2.94. The summed E-state index contributed by atoms with van der Waals surface area (Å²) in [5.41, 5.74) is 0. The number of hydrogen-bond donors (Lipinski definition) is 2. The summed E-state index contributed by atoms with van der Waals surface area (Å²) in [6.45, 7) is 1.80. The minimum absolute atomic E-state index is 0.126. The van der Waals surface area contributed by atoms with Gasteiger partial charge in [-0.15, -0.1) is 0 Å². The second-order valence-electron chi connectivity index (χ2n) is 4.67. The van der Waals surface area contributed by atoms with E-state index in [0.717, 1.165) is 18.9 Å². The average molecular weight is 379 g/mol. The van der Waals surface area contributed by atoms with E-state index in [2.05, 4.69) is 10.1 Å². The van der Waals surface area contributed by atoms with Gasteiger partial charge in [-0.1, -0.05) is 24.9 Å². The zero-order valence-electron chi connectivity index (χ0n) is 13.3. The molecule has 0 bridgehead atoms. The average Bonchev–Trinajstić information content (AvgIpc) is 2.53. The van der Waals surface area contributed by atoms with E-state index in [4.69, 9.17) is 16.3 Å². The number of halogens is 1. The Bertz CT molecular complexity index is 693. The van der Waals surface area contributed by atoms with Gasteiger partial charge in [0.05, 0.1) is 7.11 Å². The van der Waals surface area contributed by atoms with Crippen molar-refractivity contribution >= 4 is 33.6 Å². The molecule has 1 rings (SSSR count). The maximum atomic E-state index is 12.3. The zero-order valence-corrected chi connectivity index (χ0v) is 14.9. The van der Waals surface area contributed by atoms with Crippen LogP contribution in [0.5, 0.6) is 5.75 Å². The van der Waals surface area contributed by atoms with E-state index < -0.39 is 28.6 Å². The molecule has 0 aromatic heterocycles. The van der Waals surface area contributed by atoms with Crippen molar-refractivity contribution in [3.8, 4) is 5.75 Å². The minimum atomic E-state index is -4.23. The fourth-order valence-corrected chi connectivity index (χ4v) is 2.94. The Morgan fingerprint density at radius 3 is 2.62 bits per heavy atom. The summed E-state index contributed by atoms with van der Waals surface area (Å²) >= 11 is 5.81. The lowest BCUT2D eigenvalue weighted by Gasteiger charge is -2.13. The molecule has 134 valence electrons. The molecule has 0 fully saturated rings. The van der Waals surface area contributed by atoms with Crippen molar-refractivity contribution in [3.63, 3.8) is 0 Å². The number of amides is 2. The number of urea groups is 1. The van der Waals surface area contributed by atoms with Gasteiger partial charge in [-0.25, -0.2) is 22.7 Å². The zero-order chi connectivity index (χ0) is 18.2. The first-order valence-corrected chi connectivity index (χ1v) is 8.96. The van der Waals surface area contributed by atoms with Gasteiger partial charge in [0.1, 0.15) is 10.6 Å². The van der Waals surface area contributed by atoms with Crippen LogP contribution in [-0.4, -0.2) is 40.7 Å². The Morgan fingerprint density at radius 2 is 2.00 bits per heavy atom. The van der Waals surface area contributed by atoms with Gasteiger partial charge >= 0.3 is 12.0 Å². The van der Waals surface area contributed by atoms with Crippen molar-refractivity contribution in [2.75, 3.05) is 20.3 Å². The van der Waals surface area contributed by atoms with E-state index in [-0.39, 0.29) is 15.7 Å². The van der Waals surface area contributed by atoms with Crippen LogP contribution in [0.4, 0.5) is 4.79 Å². The first-order valence-electron chi connectivity index (χ1n) is 7.10. The number of methoxy groups -OCH3 is 1. The smallest absolute Gasteiger partial charge is 0.343 e. The van der Waals surface area contributed by atoms with Gasteiger partial charge in [-0.05, 0) is 24.6 Å². The van der Waals surface area contributed by atoms with Gasteiger partial charge in [-0.3, -0.25) is 0 Å². The fourth-order valence-electron chi connectivity index (χ4n) is 1.60. The highest BCUT2D eigenvalue weighted by molar-refractivity contribution is 7.90. The molecule has 0 radical (unpaired) electrons. The molecule has 0 unspecified atom stereocenters.